The Labute approximate surface area is 187 Å². The van der Waals surface area contributed by atoms with Crippen LogP contribution in [0.15, 0.2) is 42.5 Å². The molecule has 0 saturated carbocycles. The number of amides is 5. The largest absolute Gasteiger partial charge is 0.452 e. The molecule has 0 fully saturated rings. The summed E-state index contributed by atoms with van der Waals surface area (Å²) in [6.45, 7) is -0.243. The summed E-state index contributed by atoms with van der Waals surface area (Å²) in [7, 11) is 1.46. The summed E-state index contributed by atoms with van der Waals surface area (Å²) in [6, 6.07) is 9.28. The van der Waals surface area contributed by atoms with Crippen LogP contribution in [0, 0.1) is 0 Å². The molecule has 2 N–H and O–H groups in total. The lowest BCUT2D eigenvalue weighted by molar-refractivity contribution is -0.123. The maximum atomic E-state index is 12.8. The summed E-state index contributed by atoms with van der Waals surface area (Å²) in [6.07, 6.45) is 0. The van der Waals surface area contributed by atoms with Crippen LogP contribution in [0.25, 0.3) is 0 Å². The van der Waals surface area contributed by atoms with Gasteiger partial charge in [0.25, 0.3) is 17.7 Å². The zero-order chi connectivity index (χ0) is 23.3. The summed E-state index contributed by atoms with van der Waals surface area (Å²) < 4.78 is 9.64. The number of rotatable bonds is 7. The molecule has 0 aromatic heterocycles. The molecule has 0 unspecified atom stereocenters. The maximum absolute atomic E-state index is 12.8. The van der Waals surface area contributed by atoms with Crippen molar-refractivity contribution >= 4 is 47.0 Å². The number of halogens is 1. The number of imide groups is 2. The fourth-order valence-corrected chi connectivity index (χ4v) is 3.01. The van der Waals surface area contributed by atoms with Crippen LogP contribution in [0.3, 0.4) is 0 Å². The van der Waals surface area contributed by atoms with Crippen LogP contribution < -0.4 is 15.5 Å². The Morgan fingerprint density at radius 3 is 2.38 bits per heavy atom. The molecule has 0 bridgehead atoms. The number of carbonyl (C=O) groups excluding carboxylic acids is 5. The number of hydrogen-bond donors (Lipinski definition) is 2. The van der Waals surface area contributed by atoms with Crippen LogP contribution in [0.1, 0.15) is 31.1 Å². The number of anilines is 1. The number of esters is 1. The van der Waals surface area contributed by atoms with E-state index < -0.39 is 36.3 Å². The molecule has 5 amide bonds. The predicted molar refractivity (Wildman–Crippen MR) is 113 cm³/mol. The van der Waals surface area contributed by atoms with Gasteiger partial charge in [-0.3, -0.25) is 19.7 Å². The number of hydrogen-bond acceptors (Lipinski definition) is 7. The number of ether oxygens (including phenoxy) is 2. The van der Waals surface area contributed by atoms with Crippen LogP contribution in [0.2, 0.25) is 5.02 Å². The van der Waals surface area contributed by atoms with E-state index in [2.05, 4.69) is 5.32 Å². The van der Waals surface area contributed by atoms with E-state index in [1.54, 1.807) is 12.1 Å². The molecule has 166 valence electrons. The summed E-state index contributed by atoms with van der Waals surface area (Å²) in [5, 5.41) is 4.82. The zero-order valence-electron chi connectivity index (χ0n) is 16.8. The topological polar surface area (TPSA) is 131 Å². The van der Waals surface area contributed by atoms with E-state index in [4.69, 9.17) is 21.1 Å². The Hall–Kier alpha value is -3.76. The van der Waals surface area contributed by atoms with Gasteiger partial charge in [-0.1, -0.05) is 11.6 Å². The van der Waals surface area contributed by atoms with Crippen molar-refractivity contribution in [1.29, 1.82) is 0 Å². The SMILES string of the molecule is COCCNC(=O)NC(=O)COC(=O)c1ccc2c(c1)C(=O)N(c1ccc(Cl)cc1)C2=O. The quantitative estimate of drug-likeness (QED) is 0.366. The number of benzene rings is 2. The first-order chi connectivity index (χ1) is 15.3. The molecule has 0 aliphatic carbocycles. The zero-order valence-corrected chi connectivity index (χ0v) is 17.6. The van der Waals surface area contributed by atoms with Crippen molar-refractivity contribution in [1.82, 2.24) is 10.6 Å². The van der Waals surface area contributed by atoms with Gasteiger partial charge in [0.2, 0.25) is 0 Å². The summed E-state index contributed by atoms with van der Waals surface area (Å²) in [4.78, 5) is 61.9. The highest BCUT2D eigenvalue weighted by Gasteiger charge is 2.37. The lowest BCUT2D eigenvalue weighted by Crippen LogP contribution is -2.42. The van der Waals surface area contributed by atoms with Gasteiger partial charge in [0.15, 0.2) is 6.61 Å². The molecule has 0 radical (unpaired) electrons. The highest BCUT2D eigenvalue weighted by atomic mass is 35.5. The summed E-state index contributed by atoms with van der Waals surface area (Å²) in [5.41, 5.74) is 0.471. The molecule has 0 atom stereocenters. The van der Waals surface area contributed by atoms with Crippen LogP contribution in [-0.2, 0) is 14.3 Å². The molecule has 10 nitrogen and oxygen atoms in total. The van der Waals surface area contributed by atoms with Crippen molar-refractivity contribution < 1.29 is 33.4 Å². The van der Waals surface area contributed by atoms with Crippen molar-refractivity contribution in [3.8, 4) is 0 Å². The molecular weight excluding hydrogens is 442 g/mol. The third kappa shape index (κ3) is 5.10. The average Bonchev–Trinajstić information content (AvgIpc) is 3.02. The van der Waals surface area contributed by atoms with Gasteiger partial charge in [-0.05, 0) is 42.5 Å². The lowest BCUT2D eigenvalue weighted by Gasteiger charge is -2.13. The summed E-state index contributed by atoms with van der Waals surface area (Å²) in [5.74, 6) is -2.87. The third-order valence-corrected chi connectivity index (χ3v) is 4.64. The van der Waals surface area contributed by atoms with Crippen molar-refractivity contribution in [3.63, 3.8) is 0 Å². The molecule has 32 heavy (non-hydrogen) atoms. The highest BCUT2D eigenvalue weighted by molar-refractivity contribution is 6.35. The van der Waals surface area contributed by atoms with E-state index in [1.807, 2.05) is 5.32 Å². The number of urea groups is 1. The van der Waals surface area contributed by atoms with E-state index in [9.17, 15) is 24.0 Å². The van der Waals surface area contributed by atoms with Gasteiger partial charge in [0, 0.05) is 18.7 Å². The maximum Gasteiger partial charge on any atom is 0.338 e. The second kappa shape index (κ2) is 10.0. The van der Waals surface area contributed by atoms with E-state index in [0.717, 1.165) is 4.90 Å². The monoisotopic (exact) mass is 459 g/mol. The van der Waals surface area contributed by atoms with Gasteiger partial charge in [-0.25, -0.2) is 14.5 Å². The van der Waals surface area contributed by atoms with E-state index in [-0.39, 0.29) is 29.8 Å². The molecule has 1 heterocycles. The van der Waals surface area contributed by atoms with Gasteiger partial charge >= 0.3 is 12.0 Å². The Kier molecular flexibility index (Phi) is 7.18. The molecule has 1 aliphatic rings. The normalized spacial score (nSPS) is 12.4. The van der Waals surface area contributed by atoms with Crippen molar-refractivity contribution in [2.24, 2.45) is 0 Å². The molecule has 11 heteroatoms. The van der Waals surface area contributed by atoms with Crippen molar-refractivity contribution in [3.05, 3.63) is 64.2 Å². The van der Waals surface area contributed by atoms with Crippen LogP contribution in [0.5, 0.6) is 0 Å². The number of carbonyl (C=O) groups is 5. The summed E-state index contributed by atoms with van der Waals surface area (Å²) >= 11 is 5.85. The first-order valence-corrected chi connectivity index (χ1v) is 9.71. The van der Waals surface area contributed by atoms with Gasteiger partial charge in [-0.2, -0.15) is 0 Å². The van der Waals surface area contributed by atoms with Gasteiger partial charge in [0.1, 0.15) is 0 Å². The lowest BCUT2D eigenvalue weighted by atomic mass is 10.1. The van der Waals surface area contributed by atoms with E-state index in [0.29, 0.717) is 10.7 Å². The molecule has 0 spiro atoms. The minimum atomic E-state index is -0.895. The van der Waals surface area contributed by atoms with Crippen molar-refractivity contribution in [2.75, 3.05) is 31.8 Å². The minimum Gasteiger partial charge on any atom is -0.452 e. The highest BCUT2D eigenvalue weighted by Crippen LogP contribution is 2.30. The standard InChI is InChI=1S/C21H18ClN3O7/c1-31-9-8-23-21(30)24-17(26)11-32-20(29)12-2-7-15-16(10-12)19(28)25(18(15)27)14-5-3-13(22)4-6-14/h2-7,10H,8-9,11H2,1H3,(H2,23,24,26,30). The van der Waals surface area contributed by atoms with Gasteiger partial charge < -0.3 is 14.8 Å². The molecule has 2 aromatic rings. The molecule has 1 aliphatic heterocycles. The van der Waals surface area contributed by atoms with Gasteiger partial charge in [-0.15, -0.1) is 0 Å². The van der Waals surface area contributed by atoms with Crippen molar-refractivity contribution in [2.45, 2.75) is 0 Å². The number of fused-ring (bicyclic) bond motifs is 1. The third-order valence-electron chi connectivity index (χ3n) is 4.39. The Morgan fingerprint density at radius 2 is 1.69 bits per heavy atom. The molecule has 0 saturated heterocycles. The molecule has 3 rings (SSSR count). The smallest absolute Gasteiger partial charge is 0.338 e. The second-order valence-electron chi connectivity index (χ2n) is 6.56. The van der Waals surface area contributed by atoms with Gasteiger partial charge in [0.05, 0.1) is 29.0 Å². The molecular formula is C21H18ClN3O7. The Balaban J connectivity index is 1.63. The van der Waals surface area contributed by atoms with E-state index >= 15 is 0 Å². The Morgan fingerprint density at radius 1 is 1.00 bits per heavy atom. The average molecular weight is 460 g/mol. The number of nitrogens with one attached hydrogen (secondary N) is 2. The molecule has 2 aromatic carbocycles. The van der Waals surface area contributed by atoms with E-state index in [1.165, 1.54) is 37.4 Å². The fourth-order valence-electron chi connectivity index (χ4n) is 2.88. The second-order valence-corrected chi connectivity index (χ2v) is 6.99. The predicted octanol–water partition coefficient (Wildman–Crippen LogP) is 1.77. The first-order valence-electron chi connectivity index (χ1n) is 9.34. The first kappa shape index (κ1) is 22.9. The Bertz CT molecular complexity index is 1090. The number of methoxy groups -OCH3 is 1. The fraction of sp³-hybridized carbons (Fsp3) is 0.190. The van der Waals surface area contributed by atoms with Crippen LogP contribution in [0.4, 0.5) is 10.5 Å². The minimum absolute atomic E-state index is 0.0276. The van der Waals surface area contributed by atoms with Crippen LogP contribution in [-0.4, -0.2) is 56.6 Å². The number of nitrogens with zero attached hydrogens (tertiary/aromatic N) is 1. The van der Waals surface area contributed by atoms with Crippen LogP contribution >= 0.6 is 11.6 Å².